The highest BCUT2D eigenvalue weighted by Gasteiger charge is 2.17. The summed E-state index contributed by atoms with van der Waals surface area (Å²) in [5.74, 6) is 2.49. The van der Waals surface area contributed by atoms with Gasteiger partial charge in [-0.2, -0.15) is 0 Å². The predicted molar refractivity (Wildman–Crippen MR) is 207 cm³/mol. The standard InChI is InChI=1S/C42H58N4O/c1-11-16-17-27-41(43)45-42(37(22-12-2)32(8)9)44-33(10)35(30-31(6)7)24-21-29-46-28-20-23-34(13-3)36(14-4)39(15-5)47-40-26-19-18-25-38(40)46/h11-14,18-19,21-26,29-30,33,41H,1,3-4,15-17,20,27-28,43H2,2,5-10H3,(H,44,45)/b22-12-,29-21+,34-23-,35-24+,39-36+/t33-,41+/m0/s1. The molecule has 47 heavy (non-hydrogen) atoms. The third-order valence-electron chi connectivity index (χ3n) is 7.69. The van der Waals surface area contributed by atoms with Gasteiger partial charge in [-0.15, -0.1) is 6.58 Å². The molecule has 0 bridgehead atoms. The number of allylic oxidation sites excluding steroid dienone is 11. The Kier molecular flexibility index (Phi) is 17.1. The molecular formula is C42H58N4O. The Hall–Kier alpha value is -4.35. The first kappa shape index (κ1) is 38.8. The highest BCUT2D eigenvalue weighted by atomic mass is 16.5. The van der Waals surface area contributed by atoms with Gasteiger partial charge in [-0.05, 0) is 96.6 Å². The first-order valence-corrected chi connectivity index (χ1v) is 16.9. The van der Waals surface area contributed by atoms with Crippen LogP contribution in [0, 0.1) is 0 Å². The van der Waals surface area contributed by atoms with E-state index in [9.17, 15) is 0 Å². The molecule has 0 radical (unpaired) electrons. The van der Waals surface area contributed by atoms with E-state index in [4.69, 9.17) is 15.5 Å². The molecule has 2 rings (SSSR count). The van der Waals surface area contributed by atoms with E-state index < -0.39 is 0 Å². The number of fused-ring (bicyclic) bond motifs is 1. The van der Waals surface area contributed by atoms with Gasteiger partial charge in [-0.1, -0.05) is 92.0 Å². The van der Waals surface area contributed by atoms with Crippen molar-refractivity contribution in [2.45, 2.75) is 92.8 Å². The van der Waals surface area contributed by atoms with E-state index >= 15 is 0 Å². The van der Waals surface area contributed by atoms with Gasteiger partial charge in [-0.3, -0.25) is 4.99 Å². The van der Waals surface area contributed by atoms with Gasteiger partial charge in [0.25, 0.3) is 0 Å². The molecule has 0 aromatic heterocycles. The van der Waals surface area contributed by atoms with Crippen LogP contribution < -0.4 is 20.7 Å². The largest absolute Gasteiger partial charge is 0.459 e. The minimum atomic E-state index is -0.208. The maximum Gasteiger partial charge on any atom is 0.150 e. The van der Waals surface area contributed by atoms with E-state index in [0.29, 0.717) is 0 Å². The quantitative estimate of drug-likeness (QED) is 0.0503. The minimum Gasteiger partial charge on any atom is -0.459 e. The van der Waals surface area contributed by atoms with E-state index in [-0.39, 0.29) is 12.2 Å². The predicted octanol–water partition coefficient (Wildman–Crippen LogP) is 10.6. The van der Waals surface area contributed by atoms with Gasteiger partial charge < -0.3 is 20.7 Å². The van der Waals surface area contributed by atoms with Crippen LogP contribution in [-0.2, 0) is 0 Å². The van der Waals surface area contributed by atoms with Gasteiger partial charge in [0.2, 0.25) is 0 Å². The summed E-state index contributed by atoms with van der Waals surface area (Å²) >= 11 is 0. The second-order valence-electron chi connectivity index (χ2n) is 12.1. The van der Waals surface area contributed by atoms with Crippen molar-refractivity contribution in [1.29, 1.82) is 0 Å². The van der Waals surface area contributed by atoms with Gasteiger partial charge >= 0.3 is 0 Å². The number of hydrogen-bond donors (Lipinski definition) is 2. The Labute approximate surface area is 285 Å². The molecular weight excluding hydrogens is 576 g/mol. The van der Waals surface area contributed by atoms with Gasteiger partial charge in [-0.25, -0.2) is 0 Å². The normalized spacial score (nSPS) is 18.4. The van der Waals surface area contributed by atoms with Gasteiger partial charge in [0.15, 0.2) is 5.75 Å². The summed E-state index contributed by atoms with van der Waals surface area (Å²) in [7, 11) is 0. The van der Waals surface area contributed by atoms with Crippen molar-refractivity contribution in [3.63, 3.8) is 0 Å². The molecule has 0 aliphatic carbocycles. The molecule has 0 fully saturated rings. The van der Waals surface area contributed by atoms with E-state index in [1.54, 1.807) is 0 Å². The number of nitrogens with two attached hydrogens (primary N) is 1. The van der Waals surface area contributed by atoms with Crippen LogP contribution in [0.1, 0.15) is 80.6 Å². The molecule has 1 aromatic carbocycles. The molecule has 0 spiro atoms. The molecule has 0 amide bonds. The Balaban J connectivity index is 2.57. The summed E-state index contributed by atoms with van der Waals surface area (Å²) in [4.78, 5) is 7.47. The number of para-hydroxylation sites is 2. The zero-order chi connectivity index (χ0) is 34.8. The fourth-order valence-electron chi connectivity index (χ4n) is 5.29. The van der Waals surface area contributed by atoms with Crippen molar-refractivity contribution in [2.24, 2.45) is 10.7 Å². The molecule has 1 aliphatic heterocycles. The Morgan fingerprint density at radius 2 is 1.87 bits per heavy atom. The second-order valence-corrected chi connectivity index (χ2v) is 12.1. The SMILES string of the molecule is C=CCCC[C@H](N)NC(=N[C@@H](C)/C(C=C(C)C)=C/C=C/N1CC/C=C(C=C)\C(C=C)=C(/CC)Oc2ccccc21)C(/C=C\C)=C(C)C. The average molecular weight is 635 g/mol. The average Bonchev–Trinajstić information content (AvgIpc) is 3.04. The number of amidine groups is 1. The number of benzene rings is 1. The molecule has 1 aliphatic rings. The number of nitrogens with zero attached hydrogens (tertiary/aromatic N) is 2. The second kappa shape index (κ2) is 20.7. The van der Waals surface area contributed by atoms with Crippen LogP contribution in [0.25, 0.3) is 0 Å². The lowest BCUT2D eigenvalue weighted by Gasteiger charge is -2.25. The zero-order valence-electron chi connectivity index (χ0n) is 30.0. The molecule has 0 saturated heterocycles. The van der Waals surface area contributed by atoms with Crippen molar-refractivity contribution in [2.75, 3.05) is 11.4 Å². The van der Waals surface area contributed by atoms with Crippen LogP contribution in [0.5, 0.6) is 5.75 Å². The van der Waals surface area contributed by atoms with Crippen LogP contribution in [0.4, 0.5) is 5.69 Å². The fourth-order valence-corrected chi connectivity index (χ4v) is 5.29. The number of unbranched alkanes of at least 4 members (excludes halogenated alkanes) is 1. The number of hydrogen-bond acceptors (Lipinski definition) is 4. The molecule has 0 saturated carbocycles. The lowest BCUT2D eigenvalue weighted by Crippen LogP contribution is -2.42. The Morgan fingerprint density at radius 1 is 1.13 bits per heavy atom. The topological polar surface area (TPSA) is 62.9 Å². The highest BCUT2D eigenvalue weighted by molar-refractivity contribution is 6.01. The fraction of sp³-hybridized carbons (Fsp3) is 0.357. The van der Waals surface area contributed by atoms with E-state index in [1.165, 1.54) is 11.1 Å². The lowest BCUT2D eigenvalue weighted by molar-refractivity contribution is 0.406. The number of rotatable bonds is 15. The maximum atomic E-state index is 6.54. The van der Waals surface area contributed by atoms with Gasteiger partial charge in [0.1, 0.15) is 11.6 Å². The van der Waals surface area contributed by atoms with Gasteiger partial charge in [0, 0.05) is 30.3 Å². The summed E-state index contributed by atoms with van der Waals surface area (Å²) in [5.41, 5.74) is 14.1. The molecule has 3 N–H and O–H groups in total. The summed E-state index contributed by atoms with van der Waals surface area (Å²) in [5, 5.41) is 3.52. The summed E-state index contributed by atoms with van der Waals surface area (Å²) in [6.07, 6.45) is 24.7. The molecule has 2 atom stereocenters. The van der Waals surface area contributed by atoms with Gasteiger partial charge in [0.05, 0.1) is 17.9 Å². The Bertz CT molecular complexity index is 1470. The Morgan fingerprint density at radius 3 is 2.49 bits per heavy atom. The minimum absolute atomic E-state index is 0.126. The van der Waals surface area contributed by atoms with E-state index in [2.05, 4.69) is 114 Å². The number of nitrogens with one attached hydrogen (secondary N) is 1. The van der Waals surface area contributed by atoms with Crippen molar-refractivity contribution in [1.82, 2.24) is 5.32 Å². The summed E-state index contributed by atoms with van der Waals surface area (Å²) in [6, 6.07) is 8.06. The molecule has 5 heteroatoms. The molecule has 1 heterocycles. The first-order valence-electron chi connectivity index (χ1n) is 16.9. The number of aliphatic imine (C=N–C) groups is 1. The zero-order valence-corrected chi connectivity index (χ0v) is 30.0. The summed E-state index contributed by atoms with van der Waals surface area (Å²) < 4.78 is 6.54. The highest BCUT2D eigenvalue weighted by Crippen LogP contribution is 2.34. The molecule has 1 aromatic rings. The molecule has 5 nitrogen and oxygen atoms in total. The lowest BCUT2D eigenvalue weighted by atomic mass is 10.0. The van der Waals surface area contributed by atoms with Crippen LogP contribution in [0.15, 0.2) is 149 Å². The van der Waals surface area contributed by atoms with Crippen LogP contribution in [0.3, 0.4) is 0 Å². The van der Waals surface area contributed by atoms with Crippen LogP contribution >= 0.6 is 0 Å². The van der Waals surface area contributed by atoms with Crippen molar-refractivity contribution >= 4 is 11.5 Å². The van der Waals surface area contributed by atoms with Crippen molar-refractivity contribution < 1.29 is 4.74 Å². The number of anilines is 1. The van der Waals surface area contributed by atoms with Crippen LogP contribution in [0.2, 0.25) is 0 Å². The maximum absolute atomic E-state index is 6.54. The number of ether oxygens (including phenoxy) is 1. The molecule has 252 valence electrons. The smallest absolute Gasteiger partial charge is 0.150 e. The third kappa shape index (κ3) is 12.4. The third-order valence-corrected chi connectivity index (χ3v) is 7.69. The van der Waals surface area contributed by atoms with Crippen molar-refractivity contribution in [3.8, 4) is 5.75 Å². The molecule has 0 unspecified atom stereocenters. The van der Waals surface area contributed by atoms with Crippen molar-refractivity contribution in [3.05, 3.63) is 144 Å². The van der Waals surface area contributed by atoms with Crippen LogP contribution in [-0.4, -0.2) is 24.6 Å². The van der Waals surface area contributed by atoms with E-state index in [1.807, 2.05) is 49.4 Å². The first-order chi connectivity index (χ1) is 22.6. The van der Waals surface area contributed by atoms with E-state index in [0.717, 1.165) is 84.0 Å². The monoisotopic (exact) mass is 634 g/mol. The summed E-state index contributed by atoms with van der Waals surface area (Å²) in [6.45, 7) is 27.4.